The highest BCUT2D eigenvalue weighted by molar-refractivity contribution is 5.27. The van der Waals surface area contributed by atoms with Crippen molar-refractivity contribution in [2.75, 3.05) is 7.05 Å². The lowest BCUT2D eigenvalue weighted by molar-refractivity contribution is 0.351. The number of fused-ring (bicyclic) bond motifs is 1. The van der Waals surface area contributed by atoms with E-state index in [4.69, 9.17) is 0 Å². The molecule has 0 aromatic carbocycles. The minimum absolute atomic E-state index is 1.01. The standard InChI is InChI=1S/C9H12N2/c1-7-3-8-5-11(2)6-9(8)10-4-7/h3-4H,5-6H2,1-2H3. The predicted octanol–water partition coefficient (Wildman–Crippen LogP) is 1.34. The van der Waals surface area contributed by atoms with Crippen molar-refractivity contribution in [1.29, 1.82) is 0 Å². The van der Waals surface area contributed by atoms with Gasteiger partial charge in [-0.05, 0) is 25.1 Å². The van der Waals surface area contributed by atoms with Gasteiger partial charge in [-0.2, -0.15) is 0 Å². The maximum atomic E-state index is 4.37. The number of rotatable bonds is 0. The van der Waals surface area contributed by atoms with Gasteiger partial charge in [-0.25, -0.2) is 0 Å². The molecule has 1 aliphatic rings. The maximum Gasteiger partial charge on any atom is 0.0589 e. The molecule has 58 valence electrons. The Morgan fingerprint density at radius 2 is 2.27 bits per heavy atom. The van der Waals surface area contributed by atoms with E-state index in [0.717, 1.165) is 13.1 Å². The van der Waals surface area contributed by atoms with E-state index in [1.165, 1.54) is 16.8 Å². The molecule has 1 aromatic rings. The van der Waals surface area contributed by atoms with Crippen LogP contribution in [-0.4, -0.2) is 16.9 Å². The molecule has 11 heavy (non-hydrogen) atoms. The molecule has 0 atom stereocenters. The molecule has 0 radical (unpaired) electrons. The Hall–Kier alpha value is -0.890. The normalized spacial score (nSPS) is 16.9. The van der Waals surface area contributed by atoms with Crippen molar-refractivity contribution in [3.63, 3.8) is 0 Å². The molecule has 0 amide bonds. The molecule has 0 spiro atoms. The summed E-state index contributed by atoms with van der Waals surface area (Å²) in [5.41, 5.74) is 3.91. The van der Waals surface area contributed by atoms with Crippen molar-refractivity contribution >= 4 is 0 Å². The van der Waals surface area contributed by atoms with E-state index in [9.17, 15) is 0 Å². The molecule has 0 N–H and O–H groups in total. The van der Waals surface area contributed by atoms with Crippen molar-refractivity contribution in [2.45, 2.75) is 20.0 Å². The summed E-state index contributed by atoms with van der Waals surface area (Å²) in [6, 6.07) is 2.23. The molecule has 0 aliphatic carbocycles. The molecule has 0 bridgehead atoms. The summed E-state index contributed by atoms with van der Waals surface area (Å²) in [4.78, 5) is 6.64. The Morgan fingerprint density at radius 3 is 3.09 bits per heavy atom. The van der Waals surface area contributed by atoms with E-state index >= 15 is 0 Å². The first-order valence-electron chi connectivity index (χ1n) is 3.88. The number of hydrogen-bond acceptors (Lipinski definition) is 2. The molecule has 2 nitrogen and oxygen atoms in total. The molecule has 0 unspecified atom stereocenters. The fourth-order valence-corrected chi connectivity index (χ4v) is 1.54. The van der Waals surface area contributed by atoms with Gasteiger partial charge in [-0.1, -0.05) is 6.07 Å². The maximum absolute atomic E-state index is 4.37. The van der Waals surface area contributed by atoms with Gasteiger partial charge < -0.3 is 0 Å². The Balaban J connectivity index is 2.43. The molecule has 2 heterocycles. The van der Waals surface area contributed by atoms with Crippen molar-refractivity contribution < 1.29 is 0 Å². The van der Waals surface area contributed by atoms with Gasteiger partial charge in [0.15, 0.2) is 0 Å². The van der Waals surface area contributed by atoms with Crippen LogP contribution in [0.15, 0.2) is 12.3 Å². The first-order chi connectivity index (χ1) is 5.25. The fraction of sp³-hybridized carbons (Fsp3) is 0.444. The number of pyridine rings is 1. The Kier molecular flexibility index (Phi) is 1.43. The third kappa shape index (κ3) is 1.14. The third-order valence-electron chi connectivity index (χ3n) is 2.06. The molecule has 2 rings (SSSR count). The molecule has 2 heteroatoms. The molecular weight excluding hydrogens is 136 g/mol. The van der Waals surface area contributed by atoms with Crippen LogP contribution in [0.25, 0.3) is 0 Å². The zero-order valence-corrected chi connectivity index (χ0v) is 6.96. The van der Waals surface area contributed by atoms with Crippen LogP contribution in [0, 0.1) is 6.92 Å². The average molecular weight is 148 g/mol. The number of aromatic nitrogens is 1. The second kappa shape index (κ2) is 2.31. The highest BCUT2D eigenvalue weighted by atomic mass is 15.1. The number of aryl methyl sites for hydroxylation is 1. The van der Waals surface area contributed by atoms with E-state index in [0.29, 0.717) is 0 Å². The summed E-state index contributed by atoms with van der Waals surface area (Å²) in [6.07, 6.45) is 1.94. The van der Waals surface area contributed by atoms with Crippen molar-refractivity contribution in [3.05, 3.63) is 29.1 Å². The van der Waals surface area contributed by atoms with Crippen molar-refractivity contribution in [2.24, 2.45) is 0 Å². The SMILES string of the molecule is Cc1cnc2c(c1)CN(C)C2. The van der Waals surface area contributed by atoms with Gasteiger partial charge in [0.25, 0.3) is 0 Å². The van der Waals surface area contributed by atoms with Gasteiger partial charge in [0, 0.05) is 19.3 Å². The Bertz CT molecular complexity index is 281. The lowest BCUT2D eigenvalue weighted by Crippen LogP contribution is -2.07. The van der Waals surface area contributed by atoms with Crippen LogP contribution >= 0.6 is 0 Å². The van der Waals surface area contributed by atoms with E-state index in [2.05, 4.69) is 29.9 Å². The molecule has 0 saturated heterocycles. The minimum Gasteiger partial charge on any atom is -0.296 e. The van der Waals surface area contributed by atoms with E-state index in [-0.39, 0.29) is 0 Å². The summed E-state index contributed by atoms with van der Waals surface area (Å²) >= 11 is 0. The van der Waals surface area contributed by atoms with Crippen LogP contribution in [-0.2, 0) is 13.1 Å². The summed E-state index contributed by atoms with van der Waals surface area (Å²) in [6.45, 7) is 4.16. The second-order valence-electron chi connectivity index (χ2n) is 3.29. The summed E-state index contributed by atoms with van der Waals surface area (Å²) in [7, 11) is 2.12. The van der Waals surface area contributed by atoms with Gasteiger partial charge in [0.2, 0.25) is 0 Å². The molecular formula is C9H12N2. The first-order valence-corrected chi connectivity index (χ1v) is 3.88. The molecule has 0 fully saturated rings. The summed E-state index contributed by atoms with van der Waals surface area (Å²) < 4.78 is 0. The van der Waals surface area contributed by atoms with Crippen LogP contribution in [0.2, 0.25) is 0 Å². The first kappa shape index (κ1) is 6.80. The average Bonchev–Trinajstić information content (AvgIpc) is 2.27. The highest BCUT2D eigenvalue weighted by Crippen LogP contribution is 2.19. The third-order valence-corrected chi connectivity index (χ3v) is 2.06. The lowest BCUT2D eigenvalue weighted by atomic mass is 10.2. The zero-order valence-electron chi connectivity index (χ0n) is 6.96. The largest absolute Gasteiger partial charge is 0.296 e. The second-order valence-corrected chi connectivity index (χ2v) is 3.29. The van der Waals surface area contributed by atoms with Gasteiger partial charge in [0.1, 0.15) is 0 Å². The highest BCUT2D eigenvalue weighted by Gasteiger charge is 2.15. The predicted molar refractivity (Wildman–Crippen MR) is 44.1 cm³/mol. The molecule has 1 aliphatic heterocycles. The van der Waals surface area contributed by atoms with E-state index < -0.39 is 0 Å². The van der Waals surface area contributed by atoms with E-state index in [1.54, 1.807) is 0 Å². The van der Waals surface area contributed by atoms with Crippen LogP contribution < -0.4 is 0 Å². The smallest absolute Gasteiger partial charge is 0.0589 e. The monoisotopic (exact) mass is 148 g/mol. The van der Waals surface area contributed by atoms with Gasteiger partial charge in [-0.15, -0.1) is 0 Å². The Labute approximate surface area is 66.9 Å². The van der Waals surface area contributed by atoms with Gasteiger partial charge in [0.05, 0.1) is 5.69 Å². The van der Waals surface area contributed by atoms with Crippen LogP contribution in [0.5, 0.6) is 0 Å². The van der Waals surface area contributed by atoms with Crippen molar-refractivity contribution in [1.82, 2.24) is 9.88 Å². The van der Waals surface area contributed by atoms with Crippen LogP contribution in [0.4, 0.5) is 0 Å². The quantitative estimate of drug-likeness (QED) is 0.552. The minimum atomic E-state index is 1.01. The fourth-order valence-electron chi connectivity index (χ4n) is 1.54. The summed E-state index contributed by atoms with van der Waals surface area (Å²) in [5.74, 6) is 0. The number of nitrogens with zero attached hydrogens (tertiary/aromatic N) is 2. The van der Waals surface area contributed by atoms with Gasteiger partial charge >= 0.3 is 0 Å². The summed E-state index contributed by atoms with van der Waals surface area (Å²) in [5, 5.41) is 0. The van der Waals surface area contributed by atoms with Crippen LogP contribution in [0.3, 0.4) is 0 Å². The number of hydrogen-bond donors (Lipinski definition) is 0. The zero-order chi connectivity index (χ0) is 7.84. The Morgan fingerprint density at radius 1 is 1.45 bits per heavy atom. The molecule has 1 aromatic heterocycles. The van der Waals surface area contributed by atoms with Gasteiger partial charge in [-0.3, -0.25) is 9.88 Å². The van der Waals surface area contributed by atoms with E-state index in [1.807, 2.05) is 6.20 Å². The van der Waals surface area contributed by atoms with Crippen molar-refractivity contribution in [3.8, 4) is 0 Å². The molecule has 0 saturated carbocycles. The van der Waals surface area contributed by atoms with Crippen LogP contribution in [0.1, 0.15) is 16.8 Å². The lowest BCUT2D eigenvalue weighted by Gasteiger charge is -2.02. The topological polar surface area (TPSA) is 16.1 Å².